The molecule has 170 valence electrons. The number of hydrogen-bond donors (Lipinski definition) is 3. The third kappa shape index (κ3) is 5.55. The number of hydrogen-bond acceptors (Lipinski definition) is 5. The van der Waals surface area contributed by atoms with E-state index in [0.29, 0.717) is 30.2 Å². The number of aryl methyl sites for hydroxylation is 2. The Labute approximate surface area is 193 Å². The van der Waals surface area contributed by atoms with Gasteiger partial charge < -0.3 is 16.4 Å². The molecule has 1 atom stereocenters. The topological polar surface area (TPSA) is 110 Å². The maximum absolute atomic E-state index is 12.7. The molecule has 7 nitrogen and oxygen atoms in total. The average Bonchev–Trinajstić information content (AvgIpc) is 2.84. The van der Waals surface area contributed by atoms with Gasteiger partial charge in [0.2, 0.25) is 5.95 Å². The standard InChI is InChI=1S/C26H29N5O2/c1-17(18-7-3-2-4-8-18)30-26-29-16-22(24(27)32)23(31-26)13-14-28-25(33)21-12-11-19-9-5-6-10-20(19)15-21/h2-4,7-8,11-12,15-17H,5-6,9-10,13-14H2,1H3,(H2,27,32)(H,28,33)(H,29,30,31)/t17-/m0/s1. The molecule has 0 unspecified atom stereocenters. The van der Waals surface area contributed by atoms with Crippen LogP contribution in [0.4, 0.5) is 5.95 Å². The van der Waals surface area contributed by atoms with Crippen molar-refractivity contribution in [2.24, 2.45) is 5.73 Å². The second kappa shape index (κ2) is 10.3. The van der Waals surface area contributed by atoms with E-state index >= 15 is 0 Å². The first kappa shape index (κ1) is 22.5. The van der Waals surface area contributed by atoms with Crippen LogP contribution in [-0.4, -0.2) is 28.3 Å². The number of anilines is 1. The zero-order chi connectivity index (χ0) is 23.2. The van der Waals surface area contributed by atoms with E-state index in [9.17, 15) is 9.59 Å². The summed E-state index contributed by atoms with van der Waals surface area (Å²) in [6, 6.07) is 15.9. The highest BCUT2D eigenvalue weighted by molar-refractivity contribution is 5.95. The fraction of sp³-hybridized carbons (Fsp3) is 0.308. The van der Waals surface area contributed by atoms with Gasteiger partial charge in [-0.1, -0.05) is 36.4 Å². The minimum absolute atomic E-state index is 0.0119. The lowest BCUT2D eigenvalue weighted by molar-refractivity contribution is 0.0953. The molecule has 3 aromatic rings. The number of carbonyl (C=O) groups is 2. The Morgan fingerprint density at radius 3 is 2.58 bits per heavy atom. The van der Waals surface area contributed by atoms with E-state index in [1.165, 1.54) is 30.2 Å². The van der Waals surface area contributed by atoms with Gasteiger partial charge in [-0.3, -0.25) is 9.59 Å². The van der Waals surface area contributed by atoms with Crippen LogP contribution in [0.15, 0.2) is 54.7 Å². The van der Waals surface area contributed by atoms with E-state index < -0.39 is 5.91 Å². The van der Waals surface area contributed by atoms with Crippen LogP contribution < -0.4 is 16.4 Å². The van der Waals surface area contributed by atoms with Crippen molar-refractivity contribution < 1.29 is 9.59 Å². The van der Waals surface area contributed by atoms with Gasteiger partial charge in [-0.15, -0.1) is 0 Å². The molecule has 0 aliphatic heterocycles. The Morgan fingerprint density at radius 2 is 1.82 bits per heavy atom. The fourth-order valence-electron chi connectivity index (χ4n) is 4.17. The lowest BCUT2D eigenvalue weighted by Crippen LogP contribution is -2.27. The van der Waals surface area contributed by atoms with E-state index in [1.807, 2.05) is 49.4 Å². The largest absolute Gasteiger partial charge is 0.365 e. The lowest BCUT2D eigenvalue weighted by Gasteiger charge is -2.17. The molecule has 33 heavy (non-hydrogen) atoms. The first-order valence-electron chi connectivity index (χ1n) is 11.4. The van der Waals surface area contributed by atoms with Crippen molar-refractivity contribution in [3.63, 3.8) is 0 Å². The van der Waals surface area contributed by atoms with Crippen molar-refractivity contribution in [3.8, 4) is 0 Å². The van der Waals surface area contributed by atoms with Crippen LogP contribution in [0.25, 0.3) is 0 Å². The van der Waals surface area contributed by atoms with Gasteiger partial charge in [0.1, 0.15) is 0 Å². The smallest absolute Gasteiger partial charge is 0.252 e. The van der Waals surface area contributed by atoms with E-state index in [-0.39, 0.29) is 17.5 Å². The van der Waals surface area contributed by atoms with Crippen LogP contribution in [0.3, 0.4) is 0 Å². The minimum Gasteiger partial charge on any atom is -0.365 e. The van der Waals surface area contributed by atoms with Crippen LogP contribution in [-0.2, 0) is 19.3 Å². The summed E-state index contributed by atoms with van der Waals surface area (Å²) in [5.41, 5.74) is 10.6. The Morgan fingerprint density at radius 1 is 1.06 bits per heavy atom. The van der Waals surface area contributed by atoms with Gasteiger partial charge in [0.25, 0.3) is 11.8 Å². The Kier molecular flexibility index (Phi) is 6.98. The van der Waals surface area contributed by atoms with Crippen molar-refractivity contribution in [1.29, 1.82) is 0 Å². The molecule has 1 aliphatic rings. The molecular formula is C26H29N5O2. The monoisotopic (exact) mass is 443 g/mol. The first-order chi connectivity index (χ1) is 16.0. The number of primary amides is 1. The summed E-state index contributed by atoms with van der Waals surface area (Å²) in [5, 5.41) is 6.19. The van der Waals surface area contributed by atoms with Crippen LogP contribution in [0.5, 0.6) is 0 Å². The van der Waals surface area contributed by atoms with Crippen molar-refractivity contribution in [1.82, 2.24) is 15.3 Å². The van der Waals surface area contributed by atoms with Crippen molar-refractivity contribution in [2.45, 2.75) is 45.1 Å². The summed E-state index contributed by atoms with van der Waals surface area (Å²) >= 11 is 0. The molecule has 4 N–H and O–H groups in total. The van der Waals surface area contributed by atoms with Gasteiger partial charge in [-0.25, -0.2) is 9.97 Å². The van der Waals surface area contributed by atoms with Gasteiger partial charge in [-0.2, -0.15) is 0 Å². The number of nitrogens with zero attached hydrogens (tertiary/aromatic N) is 2. The molecule has 0 radical (unpaired) electrons. The maximum Gasteiger partial charge on any atom is 0.252 e. The summed E-state index contributed by atoms with van der Waals surface area (Å²) in [6.07, 6.45) is 6.29. The number of nitrogens with one attached hydrogen (secondary N) is 2. The first-order valence-corrected chi connectivity index (χ1v) is 11.4. The predicted molar refractivity (Wildman–Crippen MR) is 128 cm³/mol. The summed E-state index contributed by atoms with van der Waals surface area (Å²) in [6.45, 7) is 2.35. The summed E-state index contributed by atoms with van der Waals surface area (Å²) in [5.74, 6) is -0.310. The van der Waals surface area contributed by atoms with E-state index in [4.69, 9.17) is 5.73 Å². The number of aromatic nitrogens is 2. The molecule has 0 spiro atoms. The number of nitrogens with two attached hydrogens (primary N) is 1. The van der Waals surface area contributed by atoms with Gasteiger partial charge in [-0.05, 0) is 61.4 Å². The molecule has 0 saturated heterocycles. The number of carbonyl (C=O) groups excluding carboxylic acids is 2. The zero-order valence-corrected chi connectivity index (χ0v) is 18.8. The van der Waals surface area contributed by atoms with Gasteiger partial charge >= 0.3 is 0 Å². The van der Waals surface area contributed by atoms with Crippen molar-refractivity contribution >= 4 is 17.8 Å². The Balaban J connectivity index is 1.41. The normalized spacial score (nSPS) is 13.6. The molecule has 7 heteroatoms. The Hall–Kier alpha value is -3.74. The van der Waals surface area contributed by atoms with E-state index in [1.54, 1.807) is 0 Å². The summed E-state index contributed by atoms with van der Waals surface area (Å²) in [4.78, 5) is 33.3. The average molecular weight is 444 g/mol. The molecule has 1 aliphatic carbocycles. The molecule has 4 rings (SSSR count). The third-order valence-electron chi connectivity index (χ3n) is 6.04. The SMILES string of the molecule is C[C@H](Nc1ncc(C(N)=O)c(CCNC(=O)c2ccc3c(c2)CCCC3)n1)c1ccccc1. The molecular weight excluding hydrogens is 414 g/mol. The highest BCUT2D eigenvalue weighted by Crippen LogP contribution is 2.22. The number of rotatable bonds is 8. The quantitative estimate of drug-likeness (QED) is 0.493. The molecule has 2 aromatic carbocycles. The molecule has 0 fully saturated rings. The molecule has 2 amide bonds. The summed E-state index contributed by atoms with van der Waals surface area (Å²) in [7, 11) is 0. The number of amides is 2. The van der Waals surface area contributed by atoms with E-state index in [0.717, 1.165) is 18.4 Å². The fourth-order valence-corrected chi connectivity index (χ4v) is 4.17. The highest BCUT2D eigenvalue weighted by atomic mass is 16.2. The summed E-state index contributed by atoms with van der Waals surface area (Å²) < 4.78 is 0. The van der Waals surface area contributed by atoms with Crippen molar-refractivity contribution in [3.05, 3.63) is 88.2 Å². The van der Waals surface area contributed by atoms with Gasteiger partial charge in [0.05, 0.1) is 17.3 Å². The second-order valence-electron chi connectivity index (χ2n) is 8.39. The number of benzene rings is 2. The second-order valence-corrected chi connectivity index (χ2v) is 8.39. The molecule has 1 heterocycles. The zero-order valence-electron chi connectivity index (χ0n) is 18.8. The molecule has 0 bridgehead atoms. The van der Waals surface area contributed by atoms with E-state index in [2.05, 4.69) is 26.7 Å². The minimum atomic E-state index is -0.589. The van der Waals surface area contributed by atoms with Crippen LogP contribution in [0.1, 0.15) is 68.9 Å². The third-order valence-corrected chi connectivity index (χ3v) is 6.04. The van der Waals surface area contributed by atoms with Crippen LogP contribution >= 0.6 is 0 Å². The van der Waals surface area contributed by atoms with Crippen molar-refractivity contribution in [2.75, 3.05) is 11.9 Å². The maximum atomic E-state index is 12.7. The Bertz CT molecular complexity index is 1150. The number of fused-ring (bicyclic) bond motifs is 1. The van der Waals surface area contributed by atoms with Crippen LogP contribution in [0.2, 0.25) is 0 Å². The van der Waals surface area contributed by atoms with Crippen LogP contribution in [0, 0.1) is 0 Å². The van der Waals surface area contributed by atoms with Gasteiger partial charge in [0.15, 0.2) is 0 Å². The lowest BCUT2D eigenvalue weighted by atomic mass is 9.90. The molecule has 1 aromatic heterocycles. The van der Waals surface area contributed by atoms with Gasteiger partial charge in [0, 0.05) is 24.7 Å². The highest BCUT2D eigenvalue weighted by Gasteiger charge is 2.16. The molecule has 0 saturated carbocycles. The predicted octanol–water partition coefficient (Wildman–Crippen LogP) is 3.60.